The highest BCUT2D eigenvalue weighted by Gasteiger charge is 2.31. The van der Waals surface area contributed by atoms with Gasteiger partial charge < -0.3 is 15.0 Å². The molecule has 1 aliphatic rings. The highest BCUT2D eigenvalue weighted by atomic mass is 32.1. The second kappa shape index (κ2) is 7.19. The Morgan fingerprint density at radius 2 is 2.27 bits per heavy atom. The molecule has 1 amide bonds. The van der Waals surface area contributed by atoms with Crippen molar-refractivity contribution in [3.05, 3.63) is 16.6 Å². The number of Topliss-reactive ketones (excluding diaryl/α,β-unsaturated/α-hetero) is 1. The molecule has 1 aromatic rings. The lowest BCUT2D eigenvalue weighted by atomic mass is 10.2. The Balaban J connectivity index is 1.79. The summed E-state index contributed by atoms with van der Waals surface area (Å²) in [4.78, 5) is 29.8. The van der Waals surface area contributed by atoms with Gasteiger partial charge in [0.1, 0.15) is 5.60 Å². The number of amides is 1. The monoisotopic (exact) mass is 325 g/mol. The van der Waals surface area contributed by atoms with E-state index in [1.54, 1.807) is 16.5 Å². The first-order chi connectivity index (χ1) is 10.4. The predicted molar refractivity (Wildman–Crippen MR) is 85.3 cm³/mol. The average molecular weight is 325 g/mol. The van der Waals surface area contributed by atoms with E-state index < -0.39 is 5.60 Å². The van der Waals surface area contributed by atoms with Crippen molar-refractivity contribution in [1.82, 2.24) is 15.2 Å². The van der Waals surface area contributed by atoms with Gasteiger partial charge in [-0.2, -0.15) is 0 Å². The van der Waals surface area contributed by atoms with E-state index in [4.69, 9.17) is 4.74 Å². The van der Waals surface area contributed by atoms with Crippen molar-refractivity contribution in [2.45, 2.75) is 45.3 Å². The van der Waals surface area contributed by atoms with E-state index in [2.05, 4.69) is 10.3 Å². The number of hydrogen-bond donors (Lipinski definition) is 1. The Kier molecular flexibility index (Phi) is 5.52. The first-order valence-corrected chi connectivity index (χ1v) is 8.38. The van der Waals surface area contributed by atoms with Crippen LogP contribution in [0.15, 0.2) is 11.6 Å². The van der Waals surface area contributed by atoms with Gasteiger partial charge in [0.05, 0.1) is 6.54 Å². The van der Waals surface area contributed by atoms with Crippen LogP contribution in [0.3, 0.4) is 0 Å². The number of ketones is 1. The summed E-state index contributed by atoms with van der Waals surface area (Å²) in [5.41, 5.74) is -0.488. The summed E-state index contributed by atoms with van der Waals surface area (Å²) in [5, 5.41) is 5.43. The number of carbonyl (C=O) groups is 2. The zero-order chi connectivity index (χ0) is 16.2. The Morgan fingerprint density at radius 1 is 1.50 bits per heavy atom. The maximum atomic E-state index is 12.2. The molecule has 0 aromatic carbocycles. The zero-order valence-corrected chi connectivity index (χ0v) is 14.1. The molecule has 22 heavy (non-hydrogen) atoms. The molecule has 0 radical (unpaired) electrons. The number of carbonyl (C=O) groups excluding carboxylic acids is 2. The molecule has 6 nitrogen and oxygen atoms in total. The number of hydrogen-bond acceptors (Lipinski definition) is 6. The van der Waals surface area contributed by atoms with Crippen molar-refractivity contribution in [3.63, 3.8) is 0 Å². The van der Waals surface area contributed by atoms with Crippen LogP contribution >= 0.6 is 11.3 Å². The second-order valence-electron chi connectivity index (χ2n) is 6.36. The molecule has 0 saturated carbocycles. The molecule has 0 spiro atoms. The third-order valence-electron chi connectivity index (χ3n) is 3.34. The molecule has 1 fully saturated rings. The zero-order valence-electron chi connectivity index (χ0n) is 13.3. The number of ether oxygens (including phenoxy) is 1. The quantitative estimate of drug-likeness (QED) is 0.841. The van der Waals surface area contributed by atoms with Crippen LogP contribution in [0.4, 0.5) is 4.79 Å². The Labute approximate surface area is 134 Å². The van der Waals surface area contributed by atoms with E-state index in [-0.39, 0.29) is 24.5 Å². The predicted octanol–water partition coefficient (Wildman–Crippen LogP) is 2.31. The van der Waals surface area contributed by atoms with Gasteiger partial charge in [-0.3, -0.25) is 4.79 Å². The second-order valence-corrected chi connectivity index (χ2v) is 7.26. The molecule has 1 saturated heterocycles. The van der Waals surface area contributed by atoms with Gasteiger partial charge in [0.25, 0.3) is 0 Å². The first kappa shape index (κ1) is 16.9. The minimum absolute atomic E-state index is 0.0168. The molecule has 1 unspecified atom stereocenters. The van der Waals surface area contributed by atoms with Gasteiger partial charge in [0.2, 0.25) is 5.78 Å². The van der Waals surface area contributed by atoms with Crippen molar-refractivity contribution < 1.29 is 14.3 Å². The lowest BCUT2D eigenvalue weighted by Gasteiger charge is -2.28. The average Bonchev–Trinajstić information content (AvgIpc) is 3.08. The van der Waals surface area contributed by atoms with Crippen LogP contribution in [-0.4, -0.2) is 53.0 Å². The molecule has 1 aliphatic heterocycles. The van der Waals surface area contributed by atoms with Crippen LogP contribution in [0.2, 0.25) is 0 Å². The lowest BCUT2D eigenvalue weighted by Crippen LogP contribution is -2.44. The van der Waals surface area contributed by atoms with E-state index in [9.17, 15) is 9.59 Å². The van der Waals surface area contributed by atoms with Crippen molar-refractivity contribution in [2.24, 2.45) is 0 Å². The molecule has 1 atom stereocenters. The van der Waals surface area contributed by atoms with Crippen LogP contribution in [-0.2, 0) is 4.74 Å². The minimum atomic E-state index is -0.488. The van der Waals surface area contributed by atoms with Crippen LogP contribution in [0.1, 0.15) is 43.4 Å². The van der Waals surface area contributed by atoms with Crippen LogP contribution < -0.4 is 5.32 Å². The van der Waals surface area contributed by atoms with Crippen LogP contribution in [0, 0.1) is 0 Å². The standard InChI is InChI=1S/C15H23N3O3S/c1-15(2,3)21-14(20)18-7-4-5-11(18)9-16-10-12(19)13-17-6-8-22-13/h6,8,11,16H,4-5,7,9-10H2,1-3H3. The van der Waals surface area contributed by atoms with E-state index in [0.29, 0.717) is 18.1 Å². The summed E-state index contributed by atoms with van der Waals surface area (Å²) in [6.07, 6.45) is 3.24. The molecule has 0 aliphatic carbocycles. The van der Waals surface area contributed by atoms with Gasteiger partial charge in [-0.15, -0.1) is 11.3 Å². The first-order valence-electron chi connectivity index (χ1n) is 7.50. The molecule has 7 heteroatoms. The maximum Gasteiger partial charge on any atom is 0.410 e. The van der Waals surface area contributed by atoms with Crippen molar-refractivity contribution in [3.8, 4) is 0 Å². The lowest BCUT2D eigenvalue weighted by molar-refractivity contribution is 0.0227. The van der Waals surface area contributed by atoms with Crippen molar-refractivity contribution >= 4 is 23.2 Å². The molecule has 122 valence electrons. The highest BCUT2D eigenvalue weighted by molar-refractivity contribution is 7.11. The fourth-order valence-electron chi connectivity index (χ4n) is 2.40. The van der Waals surface area contributed by atoms with Crippen molar-refractivity contribution in [2.75, 3.05) is 19.6 Å². The van der Waals surface area contributed by atoms with E-state index in [0.717, 1.165) is 12.8 Å². The molecular weight excluding hydrogens is 302 g/mol. The van der Waals surface area contributed by atoms with Gasteiger partial charge >= 0.3 is 6.09 Å². The third kappa shape index (κ3) is 4.78. The van der Waals surface area contributed by atoms with E-state index in [1.165, 1.54) is 11.3 Å². The summed E-state index contributed by atoms with van der Waals surface area (Å²) in [7, 11) is 0. The highest BCUT2D eigenvalue weighted by Crippen LogP contribution is 2.20. The molecular formula is C15H23N3O3S. The Morgan fingerprint density at radius 3 is 2.91 bits per heavy atom. The molecule has 1 aromatic heterocycles. The fourth-order valence-corrected chi connectivity index (χ4v) is 2.97. The maximum absolute atomic E-state index is 12.2. The largest absolute Gasteiger partial charge is 0.444 e. The number of nitrogens with one attached hydrogen (secondary N) is 1. The van der Waals surface area contributed by atoms with Crippen molar-refractivity contribution in [1.29, 1.82) is 0 Å². The SMILES string of the molecule is CC(C)(C)OC(=O)N1CCCC1CNCC(=O)c1nccs1. The molecule has 1 N–H and O–H groups in total. The number of likely N-dealkylation sites (tertiary alicyclic amines) is 1. The Hall–Kier alpha value is -1.47. The molecule has 2 heterocycles. The van der Waals surface area contributed by atoms with Gasteiger partial charge in [-0.25, -0.2) is 9.78 Å². The van der Waals surface area contributed by atoms with Crippen LogP contribution in [0.25, 0.3) is 0 Å². The smallest absolute Gasteiger partial charge is 0.410 e. The van der Waals surface area contributed by atoms with Crippen LogP contribution in [0.5, 0.6) is 0 Å². The fraction of sp³-hybridized carbons (Fsp3) is 0.667. The van der Waals surface area contributed by atoms with Gasteiger partial charge in [0.15, 0.2) is 5.01 Å². The number of aromatic nitrogens is 1. The minimum Gasteiger partial charge on any atom is -0.444 e. The summed E-state index contributed by atoms with van der Waals surface area (Å²) in [5.74, 6) is -0.0168. The number of nitrogens with zero attached hydrogens (tertiary/aromatic N) is 2. The Bertz CT molecular complexity index is 511. The van der Waals surface area contributed by atoms with Gasteiger partial charge in [0, 0.05) is 30.7 Å². The molecule has 0 bridgehead atoms. The summed E-state index contributed by atoms with van der Waals surface area (Å²) in [6.45, 7) is 7.13. The summed E-state index contributed by atoms with van der Waals surface area (Å²) in [6, 6.07) is 0.0824. The normalized spacial score (nSPS) is 18.5. The van der Waals surface area contributed by atoms with Gasteiger partial charge in [-0.1, -0.05) is 0 Å². The topological polar surface area (TPSA) is 71.5 Å². The summed E-state index contributed by atoms with van der Waals surface area (Å²) >= 11 is 1.34. The third-order valence-corrected chi connectivity index (χ3v) is 4.16. The van der Waals surface area contributed by atoms with E-state index >= 15 is 0 Å². The summed E-state index contributed by atoms with van der Waals surface area (Å²) < 4.78 is 5.42. The number of thiazole rings is 1. The van der Waals surface area contributed by atoms with Gasteiger partial charge in [-0.05, 0) is 33.6 Å². The number of rotatable bonds is 5. The molecule has 2 rings (SSSR count). The van der Waals surface area contributed by atoms with E-state index in [1.807, 2.05) is 20.8 Å².